The number of aromatic nitrogens is 3. The molecule has 3 aromatic rings. The Morgan fingerprint density at radius 3 is 2.68 bits per heavy atom. The number of nitrogens with one attached hydrogen (secondary N) is 1. The molecule has 1 aliphatic heterocycles. The summed E-state index contributed by atoms with van der Waals surface area (Å²) in [6, 6.07) is 7.65. The molecular weight excluding hydrogens is 425 g/mol. The molecule has 1 aliphatic rings. The van der Waals surface area contributed by atoms with E-state index in [0.29, 0.717) is 25.0 Å². The van der Waals surface area contributed by atoms with Crippen LogP contribution >= 0.6 is 0 Å². The molecule has 7 nitrogen and oxygen atoms in total. The number of fused-ring (bicyclic) bond motifs is 1. The van der Waals surface area contributed by atoms with Crippen molar-refractivity contribution in [3.8, 4) is 5.75 Å². The van der Waals surface area contributed by atoms with Crippen molar-refractivity contribution in [3.63, 3.8) is 0 Å². The topological polar surface area (TPSA) is 86.3 Å². The SMILES string of the molecule is Cc1cnc(CS(=O)c2nc3ccccc3[nH]2)c(C)c1OCC1COC(C)(C)OC1.[H-].[Na+]. The average Bonchev–Trinajstić information content (AvgIpc) is 3.15. The Balaban J connectivity index is 0.00000181. The minimum Gasteiger partial charge on any atom is -1.00 e. The van der Waals surface area contributed by atoms with E-state index in [2.05, 4.69) is 15.0 Å². The van der Waals surface area contributed by atoms with Gasteiger partial charge < -0.3 is 20.6 Å². The van der Waals surface area contributed by atoms with Crippen LogP contribution in [0.15, 0.2) is 35.6 Å². The third kappa shape index (κ3) is 5.74. The van der Waals surface area contributed by atoms with Gasteiger partial charge in [0.1, 0.15) is 5.75 Å². The van der Waals surface area contributed by atoms with Crippen LogP contribution in [0.3, 0.4) is 0 Å². The van der Waals surface area contributed by atoms with Gasteiger partial charge in [-0.3, -0.25) is 9.19 Å². The van der Waals surface area contributed by atoms with Crippen LogP contribution in [0.25, 0.3) is 11.0 Å². The number of H-pyrrole nitrogens is 1. The second kappa shape index (κ2) is 10.1. The maximum Gasteiger partial charge on any atom is 1.00 e. The molecule has 0 radical (unpaired) electrons. The molecule has 0 saturated carbocycles. The molecule has 9 heteroatoms. The number of ether oxygens (including phenoxy) is 3. The van der Waals surface area contributed by atoms with E-state index >= 15 is 0 Å². The zero-order chi connectivity index (χ0) is 21.3. The van der Waals surface area contributed by atoms with Crippen molar-refractivity contribution >= 4 is 21.8 Å². The summed E-state index contributed by atoms with van der Waals surface area (Å²) < 4.78 is 30.5. The molecule has 0 spiro atoms. The van der Waals surface area contributed by atoms with Crippen molar-refractivity contribution in [1.82, 2.24) is 15.0 Å². The third-order valence-corrected chi connectivity index (χ3v) is 6.35. The van der Waals surface area contributed by atoms with E-state index in [-0.39, 0.29) is 42.7 Å². The Morgan fingerprint density at radius 2 is 1.97 bits per heavy atom. The van der Waals surface area contributed by atoms with Crippen molar-refractivity contribution < 1.29 is 49.4 Å². The third-order valence-electron chi connectivity index (χ3n) is 5.19. The van der Waals surface area contributed by atoms with Crippen molar-refractivity contribution in [2.45, 2.75) is 44.4 Å². The molecule has 0 aliphatic carbocycles. The number of benzene rings is 1. The first-order valence-electron chi connectivity index (χ1n) is 10.0. The molecule has 1 fully saturated rings. The van der Waals surface area contributed by atoms with Gasteiger partial charge in [0.15, 0.2) is 10.9 Å². The zero-order valence-electron chi connectivity index (χ0n) is 19.7. The van der Waals surface area contributed by atoms with Crippen LogP contribution < -0.4 is 34.3 Å². The van der Waals surface area contributed by atoms with Crippen LogP contribution in [-0.4, -0.2) is 44.8 Å². The number of aromatic amines is 1. The van der Waals surface area contributed by atoms with Crippen molar-refractivity contribution in [3.05, 3.63) is 47.3 Å². The summed E-state index contributed by atoms with van der Waals surface area (Å²) in [5.41, 5.74) is 4.27. The molecule has 0 amide bonds. The Bertz CT molecular complexity index is 1050. The summed E-state index contributed by atoms with van der Waals surface area (Å²) in [5, 5.41) is 0.458. The van der Waals surface area contributed by atoms with Gasteiger partial charge >= 0.3 is 29.6 Å². The molecular formula is C22H28N3NaO4S. The van der Waals surface area contributed by atoms with Crippen LogP contribution in [0.5, 0.6) is 5.75 Å². The standard InChI is InChI=1S/C22H27N3O4S.Na.H/c1-14-9-23-19(13-30(26)21-24-17-7-5-6-8-18(17)25-21)15(2)20(14)27-10-16-11-28-22(3,4)29-12-16;;/h5-9,16H,10-13H2,1-4H3,(H,24,25);;/q;+1;-1. The molecule has 1 aromatic carbocycles. The maximum atomic E-state index is 12.9. The van der Waals surface area contributed by atoms with Gasteiger partial charge in [-0.05, 0) is 39.8 Å². The predicted molar refractivity (Wildman–Crippen MR) is 116 cm³/mol. The number of pyridine rings is 1. The number of hydrogen-bond acceptors (Lipinski definition) is 6. The molecule has 2 aromatic heterocycles. The number of para-hydroxylation sites is 2. The van der Waals surface area contributed by atoms with Gasteiger partial charge in [-0.25, -0.2) is 4.98 Å². The van der Waals surface area contributed by atoms with E-state index in [0.717, 1.165) is 33.6 Å². The van der Waals surface area contributed by atoms with Crippen molar-refractivity contribution in [1.29, 1.82) is 0 Å². The van der Waals surface area contributed by atoms with Crippen LogP contribution in [0.2, 0.25) is 0 Å². The minimum absolute atomic E-state index is 0. The van der Waals surface area contributed by atoms with Gasteiger partial charge in [0.25, 0.3) is 0 Å². The fraction of sp³-hybridized carbons (Fsp3) is 0.455. The Kier molecular flexibility index (Phi) is 7.94. The summed E-state index contributed by atoms with van der Waals surface area (Å²) in [5.74, 6) is 0.684. The van der Waals surface area contributed by atoms with Gasteiger partial charge in [-0.2, -0.15) is 0 Å². The van der Waals surface area contributed by atoms with Crippen LogP contribution in [0, 0.1) is 19.8 Å². The van der Waals surface area contributed by atoms with Crippen LogP contribution in [-0.2, 0) is 26.0 Å². The van der Waals surface area contributed by atoms with E-state index in [1.54, 1.807) is 6.20 Å². The first-order chi connectivity index (χ1) is 14.3. The summed E-state index contributed by atoms with van der Waals surface area (Å²) in [7, 11) is -1.33. The molecule has 4 rings (SSSR count). The van der Waals surface area contributed by atoms with E-state index in [4.69, 9.17) is 14.2 Å². The van der Waals surface area contributed by atoms with E-state index in [1.165, 1.54) is 0 Å². The van der Waals surface area contributed by atoms with Crippen molar-refractivity contribution in [2.75, 3.05) is 19.8 Å². The summed E-state index contributed by atoms with van der Waals surface area (Å²) in [4.78, 5) is 12.1. The van der Waals surface area contributed by atoms with Crippen LogP contribution in [0.1, 0.15) is 32.1 Å². The normalized spacial score (nSPS) is 17.3. The van der Waals surface area contributed by atoms with Gasteiger partial charge in [-0.15, -0.1) is 0 Å². The molecule has 1 saturated heterocycles. The molecule has 3 heterocycles. The molecule has 1 N–H and O–H groups in total. The Morgan fingerprint density at radius 1 is 1.26 bits per heavy atom. The number of nitrogens with zero attached hydrogens (tertiary/aromatic N) is 2. The van der Waals surface area contributed by atoms with Crippen molar-refractivity contribution in [2.24, 2.45) is 5.92 Å². The number of rotatable bonds is 6. The van der Waals surface area contributed by atoms with Crippen LogP contribution in [0.4, 0.5) is 0 Å². The van der Waals surface area contributed by atoms with Gasteiger partial charge in [0.2, 0.25) is 0 Å². The predicted octanol–water partition coefficient (Wildman–Crippen LogP) is 0.777. The molecule has 0 bridgehead atoms. The van der Waals surface area contributed by atoms with Gasteiger partial charge in [0.05, 0.1) is 53.1 Å². The molecule has 1 unspecified atom stereocenters. The van der Waals surface area contributed by atoms with Gasteiger partial charge in [-0.1, -0.05) is 12.1 Å². The zero-order valence-corrected chi connectivity index (χ0v) is 21.5. The quantitative estimate of drug-likeness (QED) is 0.555. The molecule has 162 valence electrons. The van der Waals surface area contributed by atoms with E-state index < -0.39 is 16.6 Å². The number of hydrogen-bond donors (Lipinski definition) is 1. The summed E-state index contributed by atoms with van der Waals surface area (Å²) in [6.07, 6.45) is 1.77. The maximum absolute atomic E-state index is 12.9. The number of imidazole rings is 1. The summed E-state index contributed by atoms with van der Waals surface area (Å²) in [6.45, 7) is 9.43. The van der Waals surface area contributed by atoms with E-state index in [9.17, 15) is 4.21 Å². The molecule has 31 heavy (non-hydrogen) atoms. The fourth-order valence-corrected chi connectivity index (χ4v) is 4.48. The van der Waals surface area contributed by atoms with E-state index in [1.807, 2.05) is 52.0 Å². The first kappa shape index (κ1) is 24.4. The largest absolute Gasteiger partial charge is 1.00 e. The first-order valence-corrected chi connectivity index (χ1v) is 11.3. The average molecular weight is 454 g/mol. The second-order valence-electron chi connectivity index (χ2n) is 8.09. The number of aryl methyl sites for hydroxylation is 1. The minimum atomic E-state index is -1.33. The summed E-state index contributed by atoms with van der Waals surface area (Å²) >= 11 is 0. The fourth-order valence-electron chi connectivity index (χ4n) is 3.38. The molecule has 1 atom stereocenters. The second-order valence-corrected chi connectivity index (χ2v) is 9.46. The Hall–Kier alpha value is -1.29. The Labute approximate surface area is 208 Å². The van der Waals surface area contributed by atoms with Gasteiger partial charge in [0, 0.05) is 23.2 Å². The monoisotopic (exact) mass is 453 g/mol. The smallest absolute Gasteiger partial charge is 1.00 e.